The van der Waals surface area contributed by atoms with E-state index >= 15 is 0 Å². The monoisotopic (exact) mass is 519 g/mol. The zero-order valence-corrected chi connectivity index (χ0v) is 20.9. The molecule has 1 atom stereocenters. The summed E-state index contributed by atoms with van der Waals surface area (Å²) >= 11 is 0. The fourth-order valence-corrected chi connectivity index (χ4v) is 4.76. The van der Waals surface area contributed by atoms with Crippen molar-refractivity contribution in [2.24, 2.45) is 0 Å². The van der Waals surface area contributed by atoms with E-state index in [0.29, 0.717) is 0 Å². The lowest BCUT2D eigenvalue weighted by molar-refractivity contribution is -0.133. The molecule has 2 heterocycles. The summed E-state index contributed by atoms with van der Waals surface area (Å²) in [6.45, 7) is 1.96. The van der Waals surface area contributed by atoms with E-state index in [2.05, 4.69) is 15.6 Å². The Morgan fingerprint density at radius 1 is 1.13 bits per heavy atom. The van der Waals surface area contributed by atoms with E-state index in [-0.39, 0.29) is 53.5 Å². The lowest BCUT2D eigenvalue weighted by Crippen LogP contribution is -2.64. The quantitative estimate of drug-likeness (QED) is 0.463. The molecule has 1 fully saturated rings. The van der Waals surface area contributed by atoms with Gasteiger partial charge in [0.25, 0.3) is 11.8 Å². The summed E-state index contributed by atoms with van der Waals surface area (Å²) in [4.78, 5) is 58.3. The zero-order valence-electron chi connectivity index (χ0n) is 20.9. The number of anilines is 1. The van der Waals surface area contributed by atoms with Crippen LogP contribution in [-0.4, -0.2) is 56.8 Å². The number of rotatable bonds is 7. The Morgan fingerprint density at radius 3 is 2.53 bits per heavy atom. The van der Waals surface area contributed by atoms with Crippen LogP contribution < -0.4 is 10.6 Å². The molecule has 3 aromatic rings. The van der Waals surface area contributed by atoms with Crippen molar-refractivity contribution >= 4 is 29.4 Å². The number of fused-ring (bicyclic) bond motifs is 1. The van der Waals surface area contributed by atoms with Gasteiger partial charge in [0.05, 0.1) is 31.2 Å². The molecule has 2 N–H and O–H groups in total. The number of para-hydroxylation sites is 1. The molecule has 5 rings (SSSR count). The van der Waals surface area contributed by atoms with Gasteiger partial charge in [-0.3, -0.25) is 14.4 Å². The first-order valence-corrected chi connectivity index (χ1v) is 12.1. The Morgan fingerprint density at radius 2 is 1.84 bits per heavy atom. The summed E-state index contributed by atoms with van der Waals surface area (Å²) in [6, 6.07) is 12.0. The maximum Gasteiger partial charge on any atom is 0.339 e. The average Bonchev–Trinajstić information content (AvgIpc) is 3.65. The molecule has 0 bridgehead atoms. The molecule has 1 saturated carbocycles. The number of esters is 1. The maximum absolute atomic E-state index is 13.8. The zero-order chi connectivity index (χ0) is 27.0. The number of imidazole rings is 1. The third-order valence-corrected chi connectivity index (χ3v) is 6.83. The number of nitrogens with one attached hydrogen (secondary N) is 2. The molecule has 196 valence electrons. The van der Waals surface area contributed by atoms with E-state index in [1.165, 1.54) is 36.2 Å². The fraction of sp³-hybridized carbons (Fsp3) is 0.296. The van der Waals surface area contributed by atoms with Gasteiger partial charge in [0, 0.05) is 12.6 Å². The molecule has 1 aliphatic carbocycles. The predicted octanol–water partition coefficient (Wildman–Crippen LogP) is 2.75. The Labute approximate surface area is 217 Å². The van der Waals surface area contributed by atoms with Crippen LogP contribution in [0.1, 0.15) is 56.7 Å². The van der Waals surface area contributed by atoms with Crippen LogP contribution >= 0.6 is 0 Å². The van der Waals surface area contributed by atoms with Gasteiger partial charge in [-0.25, -0.2) is 14.2 Å². The Hall–Kier alpha value is -4.54. The predicted molar refractivity (Wildman–Crippen MR) is 134 cm³/mol. The van der Waals surface area contributed by atoms with Crippen molar-refractivity contribution in [1.29, 1.82) is 0 Å². The first kappa shape index (κ1) is 25.1. The molecular formula is C27H26FN5O5. The number of carbonyl (C=O) groups excluding carboxylic acids is 4. The second-order valence-corrected chi connectivity index (χ2v) is 9.55. The summed E-state index contributed by atoms with van der Waals surface area (Å²) in [7, 11) is 1.24. The number of hydrogen-bond acceptors (Lipinski definition) is 6. The van der Waals surface area contributed by atoms with Gasteiger partial charge < -0.3 is 24.8 Å². The van der Waals surface area contributed by atoms with E-state index < -0.39 is 23.3 Å². The third kappa shape index (κ3) is 4.51. The first-order chi connectivity index (χ1) is 18.2. The molecule has 3 amide bonds. The number of halogens is 1. The average molecular weight is 520 g/mol. The Bertz CT molecular complexity index is 1430. The molecule has 0 unspecified atom stereocenters. The van der Waals surface area contributed by atoms with Gasteiger partial charge in [0.1, 0.15) is 17.1 Å². The molecule has 11 heteroatoms. The highest BCUT2D eigenvalue weighted by atomic mass is 19.1. The van der Waals surface area contributed by atoms with Crippen molar-refractivity contribution in [3.8, 4) is 0 Å². The van der Waals surface area contributed by atoms with Crippen LogP contribution in [-0.2, 0) is 22.6 Å². The van der Waals surface area contributed by atoms with Gasteiger partial charge in [-0.15, -0.1) is 0 Å². The molecule has 38 heavy (non-hydrogen) atoms. The second-order valence-electron chi connectivity index (χ2n) is 9.55. The number of methoxy groups -OCH3 is 1. The highest BCUT2D eigenvalue weighted by Gasteiger charge is 2.53. The van der Waals surface area contributed by atoms with Crippen LogP contribution in [0.2, 0.25) is 0 Å². The molecule has 0 spiro atoms. The van der Waals surface area contributed by atoms with E-state index in [9.17, 15) is 23.6 Å². The number of ether oxygens (including phenoxy) is 1. The SMILES string of the molecule is COC(=O)c1ccccc1NC(=O)c1ncn2c1C(=O)N(C1CC1)[C@](C)(C(=O)NCc1ccc(F)cc1)C2. The topological polar surface area (TPSA) is 123 Å². The third-order valence-electron chi connectivity index (χ3n) is 6.83. The van der Waals surface area contributed by atoms with Crippen molar-refractivity contribution in [1.82, 2.24) is 19.8 Å². The first-order valence-electron chi connectivity index (χ1n) is 12.1. The summed E-state index contributed by atoms with van der Waals surface area (Å²) in [6.07, 6.45) is 2.85. The number of amides is 3. The van der Waals surface area contributed by atoms with Gasteiger partial charge in [0.2, 0.25) is 5.91 Å². The van der Waals surface area contributed by atoms with E-state index in [0.717, 1.165) is 18.4 Å². The van der Waals surface area contributed by atoms with Crippen LogP contribution in [0.25, 0.3) is 0 Å². The molecule has 0 saturated heterocycles. The molecule has 2 aliphatic rings. The molecule has 2 aromatic carbocycles. The van der Waals surface area contributed by atoms with Crippen molar-refractivity contribution in [3.05, 3.63) is 83.2 Å². The van der Waals surface area contributed by atoms with Crippen LogP contribution in [0.5, 0.6) is 0 Å². The van der Waals surface area contributed by atoms with Crippen LogP contribution in [0.4, 0.5) is 10.1 Å². The highest BCUT2D eigenvalue weighted by Crippen LogP contribution is 2.39. The molecule has 1 aromatic heterocycles. The molecule has 10 nitrogen and oxygen atoms in total. The van der Waals surface area contributed by atoms with Gasteiger partial charge in [-0.05, 0) is 49.6 Å². The molecule has 0 radical (unpaired) electrons. The lowest BCUT2D eigenvalue weighted by atomic mass is 9.93. The van der Waals surface area contributed by atoms with Crippen molar-refractivity contribution in [2.45, 2.75) is 44.4 Å². The minimum absolute atomic E-state index is 0.0776. The summed E-state index contributed by atoms with van der Waals surface area (Å²) in [5, 5.41) is 5.52. The highest BCUT2D eigenvalue weighted by molar-refractivity contribution is 6.13. The summed E-state index contributed by atoms with van der Waals surface area (Å²) < 4.78 is 19.5. The molecule has 1 aliphatic heterocycles. The number of nitrogens with zero attached hydrogens (tertiary/aromatic N) is 3. The van der Waals surface area contributed by atoms with E-state index in [1.807, 2.05) is 0 Å². The van der Waals surface area contributed by atoms with Gasteiger partial charge >= 0.3 is 5.97 Å². The second kappa shape index (κ2) is 9.73. The minimum atomic E-state index is -1.22. The minimum Gasteiger partial charge on any atom is -0.465 e. The van der Waals surface area contributed by atoms with Crippen molar-refractivity contribution in [3.63, 3.8) is 0 Å². The Kier molecular flexibility index (Phi) is 6.43. The number of benzene rings is 2. The fourth-order valence-electron chi connectivity index (χ4n) is 4.76. The van der Waals surface area contributed by atoms with Crippen molar-refractivity contribution in [2.75, 3.05) is 12.4 Å². The summed E-state index contributed by atoms with van der Waals surface area (Å²) in [5.74, 6) is -2.48. The van der Waals surface area contributed by atoms with Gasteiger partial charge in [-0.2, -0.15) is 0 Å². The number of carbonyl (C=O) groups is 4. The van der Waals surface area contributed by atoms with Gasteiger partial charge in [0.15, 0.2) is 5.69 Å². The molecular weight excluding hydrogens is 493 g/mol. The lowest BCUT2D eigenvalue weighted by Gasteiger charge is -2.44. The Balaban J connectivity index is 1.41. The smallest absolute Gasteiger partial charge is 0.339 e. The van der Waals surface area contributed by atoms with Gasteiger partial charge in [-0.1, -0.05) is 24.3 Å². The van der Waals surface area contributed by atoms with E-state index in [1.54, 1.807) is 42.2 Å². The number of aromatic nitrogens is 2. The van der Waals surface area contributed by atoms with Crippen LogP contribution in [0, 0.1) is 5.82 Å². The number of hydrogen-bond donors (Lipinski definition) is 2. The van der Waals surface area contributed by atoms with Crippen molar-refractivity contribution < 1.29 is 28.3 Å². The largest absolute Gasteiger partial charge is 0.465 e. The normalized spacial score (nSPS) is 18.5. The standard InChI is InChI=1S/C27H26FN5O5/c1-27(26(37)29-13-16-7-9-17(28)10-8-16)14-32-15-30-21(22(32)24(35)33(27)18-11-12-18)23(34)31-20-6-4-3-5-19(20)25(36)38-2/h3-10,15,18H,11-14H2,1-2H3,(H,29,37)(H,31,34)/t27-/m0/s1. The summed E-state index contributed by atoms with van der Waals surface area (Å²) in [5.41, 5.74) is -0.149. The maximum atomic E-state index is 13.8. The van der Waals surface area contributed by atoms with Crippen LogP contribution in [0.3, 0.4) is 0 Å². The van der Waals surface area contributed by atoms with Crippen LogP contribution in [0.15, 0.2) is 54.9 Å². The van der Waals surface area contributed by atoms with E-state index in [4.69, 9.17) is 4.74 Å².